The van der Waals surface area contributed by atoms with Crippen molar-refractivity contribution in [1.29, 1.82) is 0 Å². The standard InChI is InChI=1S/C15H21NOS/c17-15(8-11-18-12-9-15)13-16-10-4-7-14-5-2-1-3-6-14/h1-7,16-17H,8-13H2. The zero-order valence-corrected chi connectivity index (χ0v) is 11.5. The van der Waals surface area contributed by atoms with Gasteiger partial charge in [0.2, 0.25) is 0 Å². The van der Waals surface area contributed by atoms with E-state index < -0.39 is 5.60 Å². The summed E-state index contributed by atoms with van der Waals surface area (Å²) < 4.78 is 0. The Hall–Kier alpha value is -0.770. The quantitative estimate of drug-likeness (QED) is 0.801. The molecule has 1 aromatic rings. The number of aliphatic hydroxyl groups is 1. The van der Waals surface area contributed by atoms with E-state index in [1.54, 1.807) is 0 Å². The molecule has 1 aromatic carbocycles. The molecule has 2 rings (SSSR count). The maximum atomic E-state index is 10.3. The summed E-state index contributed by atoms with van der Waals surface area (Å²) in [6.45, 7) is 1.51. The molecular weight excluding hydrogens is 242 g/mol. The summed E-state index contributed by atoms with van der Waals surface area (Å²) in [5.74, 6) is 2.16. The van der Waals surface area contributed by atoms with Gasteiger partial charge >= 0.3 is 0 Å². The minimum atomic E-state index is -0.480. The Morgan fingerprint density at radius 3 is 2.67 bits per heavy atom. The molecule has 0 spiro atoms. The Morgan fingerprint density at radius 2 is 1.94 bits per heavy atom. The first-order valence-electron chi connectivity index (χ1n) is 6.51. The Morgan fingerprint density at radius 1 is 1.22 bits per heavy atom. The zero-order valence-electron chi connectivity index (χ0n) is 10.6. The topological polar surface area (TPSA) is 32.3 Å². The van der Waals surface area contributed by atoms with Crippen LogP contribution in [0.5, 0.6) is 0 Å². The number of hydrogen-bond donors (Lipinski definition) is 2. The van der Waals surface area contributed by atoms with Crippen molar-refractivity contribution >= 4 is 17.8 Å². The molecule has 1 aliphatic rings. The molecule has 1 fully saturated rings. The lowest BCUT2D eigenvalue weighted by molar-refractivity contribution is 0.0332. The fraction of sp³-hybridized carbons (Fsp3) is 0.467. The zero-order chi connectivity index (χ0) is 12.7. The molecule has 0 aliphatic carbocycles. The first kappa shape index (κ1) is 13.7. The Bertz CT molecular complexity index is 371. The lowest BCUT2D eigenvalue weighted by Crippen LogP contribution is -2.43. The number of thioether (sulfide) groups is 1. The lowest BCUT2D eigenvalue weighted by atomic mass is 9.97. The van der Waals surface area contributed by atoms with Crippen LogP contribution in [0.15, 0.2) is 36.4 Å². The van der Waals surface area contributed by atoms with Crippen LogP contribution in [-0.4, -0.2) is 35.3 Å². The summed E-state index contributed by atoms with van der Waals surface area (Å²) in [7, 11) is 0. The van der Waals surface area contributed by atoms with Gasteiger partial charge in [0, 0.05) is 13.1 Å². The minimum absolute atomic E-state index is 0.480. The number of nitrogens with one attached hydrogen (secondary N) is 1. The van der Waals surface area contributed by atoms with Crippen LogP contribution in [-0.2, 0) is 0 Å². The Kier molecular flexibility index (Phi) is 5.29. The van der Waals surface area contributed by atoms with Crippen molar-refractivity contribution in [2.75, 3.05) is 24.6 Å². The highest BCUT2D eigenvalue weighted by molar-refractivity contribution is 7.99. The average molecular weight is 263 g/mol. The van der Waals surface area contributed by atoms with Crippen molar-refractivity contribution in [1.82, 2.24) is 5.32 Å². The summed E-state index contributed by atoms with van der Waals surface area (Å²) >= 11 is 1.94. The maximum Gasteiger partial charge on any atom is 0.0787 e. The molecule has 3 heteroatoms. The molecular formula is C15H21NOS. The summed E-state index contributed by atoms with van der Waals surface area (Å²) in [5.41, 5.74) is 0.735. The highest BCUT2D eigenvalue weighted by atomic mass is 32.2. The van der Waals surface area contributed by atoms with E-state index in [9.17, 15) is 5.11 Å². The van der Waals surface area contributed by atoms with E-state index in [2.05, 4.69) is 29.6 Å². The van der Waals surface area contributed by atoms with Gasteiger partial charge in [-0.2, -0.15) is 11.8 Å². The van der Waals surface area contributed by atoms with Crippen molar-refractivity contribution in [2.45, 2.75) is 18.4 Å². The van der Waals surface area contributed by atoms with E-state index in [1.165, 1.54) is 5.56 Å². The van der Waals surface area contributed by atoms with Gasteiger partial charge in [0.15, 0.2) is 0 Å². The molecule has 1 aliphatic heterocycles. The molecule has 1 saturated heterocycles. The SMILES string of the molecule is OC1(CNCC=Cc2ccccc2)CCSCC1. The van der Waals surface area contributed by atoms with Crippen LogP contribution in [0.2, 0.25) is 0 Å². The Balaban J connectivity index is 1.68. The molecule has 0 radical (unpaired) electrons. The molecule has 0 unspecified atom stereocenters. The third-order valence-corrected chi connectivity index (χ3v) is 4.24. The van der Waals surface area contributed by atoms with Crippen LogP contribution in [0, 0.1) is 0 Å². The third kappa shape index (κ3) is 4.48. The second-order valence-corrected chi connectivity index (χ2v) is 6.01. The fourth-order valence-electron chi connectivity index (χ4n) is 2.08. The van der Waals surface area contributed by atoms with Crippen LogP contribution in [0.4, 0.5) is 0 Å². The van der Waals surface area contributed by atoms with Gasteiger partial charge in [-0.05, 0) is 29.9 Å². The van der Waals surface area contributed by atoms with Crippen LogP contribution in [0.25, 0.3) is 6.08 Å². The molecule has 0 amide bonds. The lowest BCUT2D eigenvalue weighted by Gasteiger charge is -2.31. The van der Waals surface area contributed by atoms with E-state index in [0.29, 0.717) is 6.54 Å². The van der Waals surface area contributed by atoms with Crippen LogP contribution < -0.4 is 5.32 Å². The fourth-order valence-corrected chi connectivity index (χ4v) is 3.33. The van der Waals surface area contributed by atoms with Crippen LogP contribution in [0.1, 0.15) is 18.4 Å². The Labute approximate surface area is 113 Å². The molecule has 0 saturated carbocycles. The normalized spacial score (nSPS) is 19.2. The molecule has 2 nitrogen and oxygen atoms in total. The summed E-state index contributed by atoms with van der Waals surface area (Å²) in [4.78, 5) is 0. The van der Waals surface area contributed by atoms with Crippen molar-refractivity contribution < 1.29 is 5.11 Å². The molecule has 0 bridgehead atoms. The molecule has 98 valence electrons. The van der Waals surface area contributed by atoms with Crippen LogP contribution >= 0.6 is 11.8 Å². The third-order valence-electron chi connectivity index (χ3n) is 3.25. The van der Waals surface area contributed by atoms with Gasteiger partial charge in [0.25, 0.3) is 0 Å². The van der Waals surface area contributed by atoms with Gasteiger partial charge in [-0.3, -0.25) is 0 Å². The monoisotopic (exact) mass is 263 g/mol. The second-order valence-electron chi connectivity index (χ2n) is 4.78. The van der Waals surface area contributed by atoms with Gasteiger partial charge in [-0.1, -0.05) is 42.5 Å². The molecule has 18 heavy (non-hydrogen) atoms. The number of benzene rings is 1. The van der Waals surface area contributed by atoms with Crippen molar-refractivity contribution in [3.8, 4) is 0 Å². The van der Waals surface area contributed by atoms with Crippen molar-refractivity contribution in [3.05, 3.63) is 42.0 Å². The molecule has 0 atom stereocenters. The predicted octanol–water partition coefficient (Wildman–Crippen LogP) is 2.55. The second kappa shape index (κ2) is 6.98. The van der Waals surface area contributed by atoms with Gasteiger partial charge < -0.3 is 10.4 Å². The number of hydrogen-bond acceptors (Lipinski definition) is 3. The van der Waals surface area contributed by atoms with E-state index in [4.69, 9.17) is 0 Å². The van der Waals surface area contributed by atoms with Crippen LogP contribution in [0.3, 0.4) is 0 Å². The first-order valence-corrected chi connectivity index (χ1v) is 7.66. The largest absolute Gasteiger partial charge is 0.389 e. The van der Waals surface area contributed by atoms with Gasteiger partial charge in [-0.15, -0.1) is 0 Å². The van der Waals surface area contributed by atoms with Gasteiger partial charge in [-0.25, -0.2) is 0 Å². The van der Waals surface area contributed by atoms with E-state index in [-0.39, 0.29) is 0 Å². The summed E-state index contributed by atoms with van der Waals surface area (Å²) in [6, 6.07) is 10.3. The molecule has 0 aromatic heterocycles. The molecule has 1 heterocycles. The summed E-state index contributed by atoms with van der Waals surface area (Å²) in [5, 5.41) is 13.6. The number of rotatable bonds is 5. The predicted molar refractivity (Wildman–Crippen MR) is 79.9 cm³/mol. The maximum absolute atomic E-state index is 10.3. The molecule has 2 N–H and O–H groups in total. The average Bonchev–Trinajstić information content (AvgIpc) is 2.40. The summed E-state index contributed by atoms with van der Waals surface area (Å²) in [6.07, 6.45) is 6.03. The first-order chi connectivity index (χ1) is 8.79. The van der Waals surface area contributed by atoms with Gasteiger partial charge in [0.1, 0.15) is 0 Å². The highest BCUT2D eigenvalue weighted by Crippen LogP contribution is 2.25. The van der Waals surface area contributed by atoms with E-state index >= 15 is 0 Å². The van der Waals surface area contributed by atoms with Gasteiger partial charge in [0.05, 0.1) is 5.60 Å². The van der Waals surface area contributed by atoms with E-state index in [1.807, 2.05) is 30.0 Å². The highest BCUT2D eigenvalue weighted by Gasteiger charge is 2.28. The van der Waals surface area contributed by atoms with Crippen molar-refractivity contribution in [3.63, 3.8) is 0 Å². The smallest absolute Gasteiger partial charge is 0.0787 e. The minimum Gasteiger partial charge on any atom is -0.389 e. The van der Waals surface area contributed by atoms with Crippen molar-refractivity contribution in [2.24, 2.45) is 0 Å². The van der Waals surface area contributed by atoms with E-state index in [0.717, 1.165) is 30.9 Å².